The number of rotatable bonds is 5. The summed E-state index contributed by atoms with van der Waals surface area (Å²) in [6.45, 7) is -3.27. The molecule has 0 spiro atoms. The zero-order valence-corrected chi connectivity index (χ0v) is 17.4. The second kappa shape index (κ2) is 11.0. The quantitative estimate of drug-likeness (QED) is 0.251. The molecule has 0 saturated heterocycles. The fourth-order valence-electron chi connectivity index (χ4n) is 3.04. The van der Waals surface area contributed by atoms with Crippen LogP contribution in [0.25, 0.3) is 0 Å². The van der Waals surface area contributed by atoms with E-state index in [1.807, 2.05) is 0 Å². The average molecular weight is 525 g/mol. The topological polar surface area (TPSA) is 45.7 Å². The lowest BCUT2D eigenvalue weighted by Gasteiger charge is -2.31. The lowest BCUT2D eigenvalue weighted by Crippen LogP contribution is -2.45. The molecule has 1 aromatic rings. The van der Waals surface area contributed by atoms with Crippen LogP contribution in [0.3, 0.4) is 0 Å². The van der Waals surface area contributed by atoms with E-state index in [1.54, 1.807) is 0 Å². The van der Waals surface area contributed by atoms with E-state index in [0.29, 0.717) is 12.8 Å². The van der Waals surface area contributed by atoms with Gasteiger partial charge >= 0.3 is 12.8 Å². The van der Waals surface area contributed by atoms with Crippen molar-refractivity contribution in [2.24, 2.45) is 10.9 Å². The third-order valence-corrected chi connectivity index (χ3v) is 4.48. The summed E-state index contributed by atoms with van der Waals surface area (Å²) in [5.41, 5.74) is -0.0958. The Kier molecular flexibility index (Phi) is 9.64. The van der Waals surface area contributed by atoms with Crippen molar-refractivity contribution in [3.63, 3.8) is 0 Å². The van der Waals surface area contributed by atoms with Crippen LogP contribution in [0, 0.1) is 11.7 Å². The monoisotopic (exact) mass is 525 g/mol. The van der Waals surface area contributed by atoms with Gasteiger partial charge in [0, 0.05) is 25.2 Å². The van der Waals surface area contributed by atoms with Gasteiger partial charge < -0.3 is 15.4 Å². The van der Waals surface area contributed by atoms with Crippen molar-refractivity contribution < 1.29 is 31.1 Å². The minimum Gasteiger partial charge on any atom is -0.434 e. The van der Waals surface area contributed by atoms with Gasteiger partial charge in [0.1, 0.15) is 11.6 Å². The summed E-state index contributed by atoms with van der Waals surface area (Å²) in [5, 5.41) is 5.77. The highest BCUT2D eigenvalue weighted by molar-refractivity contribution is 14.0. The average Bonchev–Trinajstić information content (AvgIpc) is 2.59. The Balaban J connectivity index is 0.00000392. The summed E-state index contributed by atoms with van der Waals surface area (Å²) in [6, 6.07) is 3.39. The van der Waals surface area contributed by atoms with Crippen LogP contribution in [0.5, 0.6) is 5.75 Å². The van der Waals surface area contributed by atoms with Gasteiger partial charge in [0.05, 0.1) is 5.92 Å². The normalized spacial score (nSPS) is 20.5. The molecule has 0 aliphatic heterocycles. The van der Waals surface area contributed by atoms with Gasteiger partial charge in [-0.3, -0.25) is 4.99 Å². The number of aliphatic imine (C=N–C) groups is 1. The molecule has 1 saturated carbocycles. The molecule has 28 heavy (non-hydrogen) atoms. The summed E-state index contributed by atoms with van der Waals surface area (Å²) in [7, 11) is 1.45. The summed E-state index contributed by atoms with van der Waals surface area (Å²) in [6.07, 6.45) is -3.48. The Morgan fingerprint density at radius 1 is 1.21 bits per heavy atom. The van der Waals surface area contributed by atoms with E-state index >= 15 is 0 Å². The smallest absolute Gasteiger partial charge is 0.391 e. The van der Waals surface area contributed by atoms with Crippen molar-refractivity contribution in [2.45, 2.75) is 51.1 Å². The molecule has 0 heterocycles. The third-order valence-electron chi connectivity index (χ3n) is 4.48. The van der Waals surface area contributed by atoms with Crippen molar-refractivity contribution in [3.05, 3.63) is 29.6 Å². The highest BCUT2D eigenvalue weighted by atomic mass is 127. The minimum atomic E-state index is -4.18. The Morgan fingerprint density at radius 3 is 2.39 bits per heavy atom. The van der Waals surface area contributed by atoms with Crippen molar-refractivity contribution in [1.82, 2.24) is 10.6 Å². The molecule has 2 rings (SSSR count). The number of hydrogen-bond donors (Lipinski definition) is 2. The molecule has 0 radical (unpaired) electrons. The number of halogens is 7. The van der Waals surface area contributed by atoms with Crippen LogP contribution in [-0.4, -0.2) is 31.8 Å². The summed E-state index contributed by atoms with van der Waals surface area (Å²) < 4.78 is 81.3. The Labute approximate surface area is 176 Å². The minimum absolute atomic E-state index is 0. The van der Waals surface area contributed by atoms with Crippen molar-refractivity contribution >= 4 is 29.9 Å². The molecule has 1 fully saturated rings. The molecule has 1 aliphatic carbocycles. The SMILES string of the molecule is CN=C(NCc1c(F)cccc1OC(F)F)NC1CCC(C(F)(F)F)CC1.I. The first-order chi connectivity index (χ1) is 12.7. The second-order valence-electron chi connectivity index (χ2n) is 6.26. The first-order valence-corrected chi connectivity index (χ1v) is 8.46. The van der Waals surface area contributed by atoms with Gasteiger partial charge in [-0.25, -0.2) is 4.39 Å². The molecule has 4 nitrogen and oxygen atoms in total. The van der Waals surface area contributed by atoms with E-state index < -0.39 is 24.5 Å². The maximum Gasteiger partial charge on any atom is 0.391 e. The van der Waals surface area contributed by atoms with E-state index in [9.17, 15) is 26.3 Å². The summed E-state index contributed by atoms with van der Waals surface area (Å²) in [4.78, 5) is 3.95. The van der Waals surface area contributed by atoms with E-state index in [-0.39, 0.29) is 66.7 Å². The molecular formula is C17H22F6IN3O. The number of nitrogens with zero attached hydrogens (tertiary/aromatic N) is 1. The van der Waals surface area contributed by atoms with Gasteiger partial charge in [-0.15, -0.1) is 24.0 Å². The lowest BCUT2D eigenvalue weighted by atomic mass is 9.85. The van der Waals surface area contributed by atoms with Gasteiger partial charge in [-0.2, -0.15) is 22.0 Å². The fraction of sp³-hybridized carbons (Fsp3) is 0.588. The van der Waals surface area contributed by atoms with E-state index in [2.05, 4.69) is 20.4 Å². The number of benzene rings is 1. The molecule has 160 valence electrons. The van der Waals surface area contributed by atoms with Gasteiger partial charge in [0.25, 0.3) is 0 Å². The predicted octanol–water partition coefficient (Wildman–Crippen LogP) is 4.83. The molecule has 0 unspecified atom stereocenters. The Bertz CT molecular complexity index is 648. The van der Waals surface area contributed by atoms with E-state index in [0.717, 1.165) is 6.07 Å². The Hall–Kier alpha value is -1.40. The number of ether oxygens (including phenoxy) is 1. The highest BCUT2D eigenvalue weighted by Crippen LogP contribution is 2.37. The molecule has 0 atom stereocenters. The van der Waals surface area contributed by atoms with Gasteiger partial charge in [0.15, 0.2) is 5.96 Å². The largest absolute Gasteiger partial charge is 0.434 e. The number of nitrogens with one attached hydrogen (secondary N) is 2. The maximum atomic E-state index is 13.9. The van der Waals surface area contributed by atoms with Gasteiger partial charge in [-0.1, -0.05) is 6.07 Å². The summed E-state index contributed by atoms with van der Waals surface area (Å²) >= 11 is 0. The first kappa shape index (κ1) is 24.6. The van der Waals surface area contributed by atoms with Gasteiger partial charge in [0.2, 0.25) is 0 Å². The first-order valence-electron chi connectivity index (χ1n) is 8.46. The lowest BCUT2D eigenvalue weighted by molar-refractivity contribution is -0.182. The number of alkyl halides is 5. The van der Waals surface area contributed by atoms with Crippen molar-refractivity contribution in [2.75, 3.05) is 7.05 Å². The van der Waals surface area contributed by atoms with Crippen LogP contribution in [0.1, 0.15) is 31.2 Å². The molecule has 0 amide bonds. The second-order valence-corrected chi connectivity index (χ2v) is 6.26. The maximum absolute atomic E-state index is 13.9. The van der Waals surface area contributed by atoms with Gasteiger partial charge in [-0.05, 0) is 37.8 Å². The summed E-state index contributed by atoms with van der Waals surface area (Å²) in [5.74, 6) is -2.06. The van der Waals surface area contributed by atoms with Crippen molar-refractivity contribution in [3.8, 4) is 5.75 Å². The van der Waals surface area contributed by atoms with Crippen LogP contribution in [-0.2, 0) is 6.54 Å². The van der Waals surface area contributed by atoms with E-state index in [4.69, 9.17) is 0 Å². The highest BCUT2D eigenvalue weighted by Gasteiger charge is 2.41. The zero-order chi connectivity index (χ0) is 20.0. The predicted molar refractivity (Wildman–Crippen MR) is 104 cm³/mol. The number of hydrogen-bond acceptors (Lipinski definition) is 2. The zero-order valence-electron chi connectivity index (χ0n) is 15.0. The van der Waals surface area contributed by atoms with Crippen LogP contribution < -0.4 is 15.4 Å². The van der Waals surface area contributed by atoms with Crippen LogP contribution in [0.15, 0.2) is 23.2 Å². The molecule has 1 aromatic carbocycles. The molecule has 0 aromatic heterocycles. The molecule has 11 heteroatoms. The molecule has 1 aliphatic rings. The fourth-order valence-corrected chi connectivity index (χ4v) is 3.04. The van der Waals surface area contributed by atoms with Crippen LogP contribution >= 0.6 is 24.0 Å². The van der Waals surface area contributed by atoms with Crippen LogP contribution in [0.2, 0.25) is 0 Å². The molecule has 2 N–H and O–H groups in total. The van der Waals surface area contributed by atoms with Crippen molar-refractivity contribution in [1.29, 1.82) is 0 Å². The molecular weight excluding hydrogens is 503 g/mol. The molecule has 0 bridgehead atoms. The standard InChI is InChI=1S/C17H21F6N3O.HI/c1-24-16(26-11-7-5-10(6-8-11)17(21,22)23)25-9-12-13(18)3-2-4-14(12)27-15(19)20;/h2-4,10-11,15H,5-9H2,1H3,(H2,24,25,26);1H. The third kappa shape index (κ3) is 7.21. The van der Waals surface area contributed by atoms with Crippen LogP contribution in [0.4, 0.5) is 26.3 Å². The Morgan fingerprint density at radius 2 is 1.86 bits per heavy atom. The van der Waals surface area contributed by atoms with E-state index in [1.165, 1.54) is 19.2 Å². The number of guanidine groups is 1.